The van der Waals surface area contributed by atoms with Gasteiger partial charge in [0.2, 0.25) is 0 Å². The van der Waals surface area contributed by atoms with Crippen molar-refractivity contribution < 1.29 is 0 Å². The zero-order valence-electron chi connectivity index (χ0n) is 8.28. The number of rotatable bonds is 0. The molecule has 0 aliphatic heterocycles. The van der Waals surface area contributed by atoms with Gasteiger partial charge in [-0.05, 0) is 41.9 Å². The third-order valence-corrected chi connectivity index (χ3v) is 5.23. The topological polar surface area (TPSA) is 0 Å². The molecule has 2 rings (SSSR count). The molecule has 0 aromatic carbocycles. The first-order valence-corrected chi connectivity index (χ1v) is 4.98. The van der Waals surface area contributed by atoms with Crippen molar-refractivity contribution in [2.75, 3.05) is 0 Å². The highest BCUT2D eigenvalue weighted by atomic mass is 14.6. The Balaban J connectivity index is 2.40. The molecule has 2 aliphatic carbocycles. The van der Waals surface area contributed by atoms with Gasteiger partial charge in [-0.1, -0.05) is 27.7 Å². The van der Waals surface area contributed by atoms with Gasteiger partial charge >= 0.3 is 0 Å². The monoisotopic (exact) mass is 152 g/mol. The minimum Gasteiger partial charge on any atom is -0.0620 e. The van der Waals surface area contributed by atoms with E-state index in [1.807, 2.05) is 0 Å². The molecule has 2 saturated carbocycles. The van der Waals surface area contributed by atoms with E-state index in [9.17, 15) is 0 Å². The van der Waals surface area contributed by atoms with E-state index in [1.54, 1.807) is 0 Å². The summed E-state index contributed by atoms with van der Waals surface area (Å²) in [5.41, 5.74) is 1.30. The van der Waals surface area contributed by atoms with Gasteiger partial charge in [0, 0.05) is 0 Å². The van der Waals surface area contributed by atoms with Crippen molar-refractivity contribution >= 4 is 0 Å². The molecule has 11 heavy (non-hydrogen) atoms. The van der Waals surface area contributed by atoms with E-state index in [-0.39, 0.29) is 0 Å². The summed E-state index contributed by atoms with van der Waals surface area (Å²) in [7, 11) is 0. The minimum atomic E-state index is 0.631. The molecule has 0 spiro atoms. The summed E-state index contributed by atoms with van der Waals surface area (Å²) in [5.74, 6) is 2.00. The highest BCUT2D eigenvalue weighted by Gasteiger charge is 2.59. The van der Waals surface area contributed by atoms with Gasteiger partial charge < -0.3 is 0 Å². The largest absolute Gasteiger partial charge is 0.0620 e. The Labute approximate surface area is 70.4 Å². The molecule has 0 aromatic heterocycles. The van der Waals surface area contributed by atoms with Crippen LogP contribution in [0.3, 0.4) is 0 Å². The average Bonchev–Trinajstić information content (AvgIpc) is 2.20. The lowest BCUT2D eigenvalue weighted by atomic mass is 9.67. The normalized spacial score (nSPS) is 53.5. The van der Waals surface area contributed by atoms with Crippen LogP contribution in [0.15, 0.2) is 0 Å². The number of hydrogen-bond donors (Lipinski definition) is 0. The van der Waals surface area contributed by atoms with Gasteiger partial charge in [-0.15, -0.1) is 0 Å². The molecule has 3 atom stereocenters. The molecule has 0 aromatic rings. The molecule has 2 fully saturated rings. The lowest BCUT2D eigenvalue weighted by Crippen LogP contribution is -2.30. The van der Waals surface area contributed by atoms with Crippen molar-refractivity contribution in [2.24, 2.45) is 22.7 Å². The lowest BCUT2D eigenvalue weighted by molar-refractivity contribution is 0.112. The molecule has 0 heterocycles. The van der Waals surface area contributed by atoms with Gasteiger partial charge in [0.15, 0.2) is 0 Å². The zero-order valence-corrected chi connectivity index (χ0v) is 8.28. The summed E-state index contributed by atoms with van der Waals surface area (Å²) in [5, 5.41) is 0. The van der Waals surface area contributed by atoms with Gasteiger partial charge in [-0.3, -0.25) is 0 Å². The Kier molecular flexibility index (Phi) is 1.28. The summed E-state index contributed by atoms with van der Waals surface area (Å²) in [6.07, 6.45) is 4.46. The van der Waals surface area contributed by atoms with Gasteiger partial charge in [0.1, 0.15) is 0 Å². The fraction of sp³-hybridized carbons (Fsp3) is 1.00. The van der Waals surface area contributed by atoms with Crippen molar-refractivity contribution in [1.82, 2.24) is 0 Å². The molecule has 0 amide bonds. The van der Waals surface area contributed by atoms with Crippen LogP contribution in [-0.2, 0) is 0 Å². The second kappa shape index (κ2) is 1.84. The standard InChI is InChI=1S/C11H20/c1-8-7-9-5-6-11(8,4)10(9,2)3/h8-9H,5-7H2,1-4H3. The van der Waals surface area contributed by atoms with Crippen molar-refractivity contribution in [1.29, 1.82) is 0 Å². The van der Waals surface area contributed by atoms with E-state index in [1.165, 1.54) is 19.3 Å². The van der Waals surface area contributed by atoms with Crippen LogP contribution in [0.5, 0.6) is 0 Å². The number of fused-ring (bicyclic) bond motifs is 2. The van der Waals surface area contributed by atoms with E-state index in [0.717, 1.165) is 11.8 Å². The van der Waals surface area contributed by atoms with Crippen LogP contribution < -0.4 is 0 Å². The predicted octanol–water partition coefficient (Wildman–Crippen LogP) is 3.47. The van der Waals surface area contributed by atoms with Crippen LogP contribution in [0.25, 0.3) is 0 Å². The molecule has 0 heteroatoms. The maximum atomic E-state index is 2.50. The van der Waals surface area contributed by atoms with E-state index < -0.39 is 0 Å². The molecule has 64 valence electrons. The van der Waals surface area contributed by atoms with Crippen LogP contribution in [-0.4, -0.2) is 0 Å². The summed E-state index contributed by atoms with van der Waals surface area (Å²) in [6, 6.07) is 0. The smallest absolute Gasteiger partial charge is 0.0246 e. The summed E-state index contributed by atoms with van der Waals surface area (Å²) in [6.45, 7) is 9.91. The molecule has 2 aliphatic rings. The minimum absolute atomic E-state index is 0.631. The molecule has 0 nitrogen and oxygen atoms in total. The lowest BCUT2D eigenvalue weighted by Gasteiger charge is -2.37. The molecular formula is C11H20. The summed E-state index contributed by atoms with van der Waals surface area (Å²) in [4.78, 5) is 0. The Bertz CT molecular complexity index is 180. The second-order valence-corrected chi connectivity index (χ2v) is 5.51. The van der Waals surface area contributed by atoms with Gasteiger partial charge in [-0.25, -0.2) is 0 Å². The molecule has 2 bridgehead atoms. The SMILES string of the molecule is CC1CC2CCC1(C)C2(C)C. The third kappa shape index (κ3) is 0.666. The highest BCUT2D eigenvalue weighted by Crippen LogP contribution is 2.67. The fourth-order valence-electron chi connectivity index (χ4n) is 3.60. The van der Waals surface area contributed by atoms with E-state index >= 15 is 0 Å². The Morgan fingerprint density at radius 3 is 2.00 bits per heavy atom. The highest BCUT2D eigenvalue weighted by molar-refractivity contribution is 5.08. The fourth-order valence-corrected chi connectivity index (χ4v) is 3.60. The second-order valence-electron chi connectivity index (χ2n) is 5.51. The van der Waals surface area contributed by atoms with E-state index in [0.29, 0.717) is 10.8 Å². The Morgan fingerprint density at radius 1 is 1.18 bits per heavy atom. The molecule has 0 N–H and O–H groups in total. The van der Waals surface area contributed by atoms with Crippen molar-refractivity contribution in [3.8, 4) is 0 Å². The first-order valence-electron chi connectivity index (χ1n) is 4.98. The quantitative estimate of drug-likeness (QED) is 0.498. The maximum absolute atomic E-state index is 2.50. The van der Waals surface area contributed by atoms with Crippen molar-refractivity contribution in [3.05, 3.63) is 0 Å². The average molecular weight is 152 g/mol. The molecule has 0 saturated heterocycles. The Hall–Kier alpha value is 0. The van der Waals surface area contributed by atoms with Crippen LogP contribution >= 0.6 is 0 Å². The predicted molar refractivity (Wildman–Crippen MR) is 48.4 cm³/mol. The zero-order chi connectivity index (χ0) is 8.28. The van der Waals surface area contributed by atoms with Gasteiger partial charge in [-0.2, -0.15) is 0 Å². The maximum Gasteiger partial charge on any atom is -0.0246 e. The summed E-state index contributed by atoms with van der Waals surface area (Å²) >= 11 is 0. The van der Waals surface area contributed by atoms with Crippen LogP contribution in [0.1, 0.15) is 47.0 Å². The first kappa shape index (κ1) is 7.64. The molecular weight excluding hydrogens is 132 g/mol. The van der Waals surface area contributed by atoms with Crippen molar-refractivity contribution in [3.63, 3.8) is 0 Å². The van der Waals surface area contributed by atoms with Gasteiger partial charge in [0.05, 0.1) is 0 Å². The van der Waals surface area contributed by atoms with Crippen LogP contribution in [0.2, 0.25) is 0 Å². The molecule has 3 unspecified atom stereocenters. The number of hydrogen-bond acceptors (Lipinski definition) is 0. The molecule has 0 radical (unpaired) electrons. The van der Waals surface area contributed by atoms with E-state index in [4.69, 9.17) is 0 Å². The van der Waals surface area contributed by atoms with Crippen LogP contribution in [0, 0.1) is 22.7 Å². The first-order chi connectivity index (χ1) is 4.98. The van der Waals surface area contributed by atoms with Crippen molar-refractivity contribution in [2.45, 2.75) is 47.0 Å². The van der Waals surface area contributed by atoms with E-state index in [2.05, 4.69) is 27.7 Å². The van der Waals surface area contributed by atoms with Crippen LogP contribution in [0.4, 0.5) is 0 Å². The van der Waals surface area contributed by atoms with Gasteiger partial charge in [0.25, 0.3) is 0 Å². The third-order valence-electron chi connectivity index (χ3n) is 5.23. The summed E-state index contributed by atoms with van der Waals surface area (Å²) < 4.78 is 0. The Morgan fingerprint density at radius 2 is 1.82 bits per heavy atom.